The molecule has 258 valence electrons. The van der Waals surface area contributed by atoms with Crippen molar-refractivity contribution in [2.45, 2.75) is 0 Å². The minimum absolute atomic E-state index is 0.879. The van der Waals surface area contributed by atoms with Crippen LogP contribution in [0.4, 0.5) is 17.1 Å². The lowest BCUT2D eigenvalue weighted by molar-refractivity contribution is 0.669. The number of aromatic nitrogens is 1. The topological polar surface area (TPSA) is 29.3 Å². The summed E-state index contributed by atoms with van der Waals surface area (Å²) in [5.74, 6) is 0. The molecule has 11 rings (SSSR count). The van der Waals surface area contributed by atoms with E-state index in [2.05, 4.69) is 193 Å². The van der Waals surface area contributed by atoms with E-state index in [1.165, 1.54) is 32.7 Å². The van der Waals surface area contributed by atoms with Gasteiger partial charge in [-0.05, 0) is 81.4 Å². The van der Waals surface area contributed by atoms with Crippen LogP contribution < -0.4 is 4.90 Å². The van der Waals surface area contributed by atoms with Crippen LogP contribution in [0.15, 0.2) is 199 Å². The second-order valence-electron chi connectivity index (χ2n) is 13.9. The molecule has 0 aliphatic rings. The van der Waals surface area contributed by atoms with Gasteiger partial charge in [0.2, 0.25) is 0 Å². The predicted octanol–water partition coefficient (Wildman–Crippen LogP) is 15.0. The summed E-state index contributed by atoms with van der Waals surface area (Å²) in [6.07, 6.45) is 0. The SMILES string of the molecule is c1ccc(-c2nc3ccc4oc5ccc(-c6ccc(N(c7ccccc7-c7ccccc7)c7cc8ccccc8c8ccccc78)cc6)cc5c4c3s2)cc1. The lowest BCUT2D eigenvalue weighted by Crippen LogP contribution is -2.12. The Morgan fingerprint density at radius 2 is 1.09 bits per heavy atom. The molecule has 55 heavy (non-hydrogen) atoms. The first-order valence-electron chi connectivity index (χ1n) is 18.5. The summed E-state index contributed by atoms with van der Waals surface area (Å²) >= 11 is 1.73. The van der Waals surface area contributed by atoms with Gasteiger partial charge in [-0.3, -0.25) is 0 Å². The van der Waals surface area contributed by atoms with Crippen LogP contribution in [0.1, 0.15) is 0 Å². The van der Waals surface area contributed by atoms with Crippen molar-refractivity contribution in [2.24, 2.45) is 0 Å². The third-order valence-corrected chi connectivity index (χ3v) is 11.8. The maximum absolute atomic E-state index is 6.40. The lowest BCUT2D eigenvalue weighted by Gasteiger charge is -2.29. The number of para-hydroxylation sites is 1. The van der Waals surface area contributed by atoms with Gasteiger partial charge in [0.15, 0.2) is 0 Å². The Bertz CT molecular complexity index is 3200. The van der Waals surface area contributed by atoms with Crippen LogP contribution in [0.25, 0.3) is 86.5 Å². The highest BCUT2D eigenvalue weighted by Gasteiger charge is 2.21. The monoisotopic (exact) mass is 720 g/mol. The number of thiazole rings is 1. The standard InChI is InChI=1S/C51H32N2OS/c1-3-13-34(14-4-1)40-19-11-12-22-45(40)53(46-32-37-17-7-8-18-39(37)41-20-9-10-21-42(41)46)38-26-23-33(24-27-38)36-25-29-47-43(31-36)49-48(54-47)30-28-44-50(49)55-51(52-44)35-15-5-2-6-16-35/h1-32H. The third kappa shape index (κ3) is 5.30. The normalized spacial score (nSPS) is 11.6. The predicted molar refractivity (Wildman–Crippen MR) is 233 cm³/mol. The van der Waals surface area contributed by atoms with Gasteiger partial charge in [0, 0.05) is 33.0 Å². The van der Waals surface area contributed by atoms with E-state index in [1.54, 1.807) is 11.3 Å². The summed E-state index contributed by atoms with van der Waals surface area (Å²) in [7, 11) is 0. The first kappa shape index (κ1) is 31.5. The molecule has 0 N–H and O–H groups in total. The van der Waals surface area contributed by atoms with Gasteiger partial charge in [0.1, 0.15) is 16.2 Å². The summed E-state index contributed by atoms with van der Waals surface area (Å²) in [6, 6.07) is 69.3. The number of hydrogen-bond donors (Lipinski definition) is 0. The van der Waals surface area contributed by atoms with E-state index in [0.29, 0.717) is 0 Å². The molecule has 9 aromatic carbocycles. The summed E-state index contributed by atoms with van der Waals surface area (Å²) < 4.78 is 7.55. The van der Waals surface area contributed by atoms with E-state index in [0.717, 1.165) is 70.9 Å². The largest absolute Gasteiger partial charge is 0.456 e. The molecule has 2 aromatic heterocycles. The second-order valence-corrected chi connectivity index (χ2v) is 14.9. The first-order valence-corrected chi connectivity index (χ1v) is 19.4. The molecular weight excluding hydrogens is 689 g/mol. The van der Waals surface area contributed by atoms with Crippen molar-refractivity contribution >= 4 is 82.1 Å². The van der Waals surface area contributed by atoms with Gasteiger partial charge in [0.05, 0.1) is 21.6 Å². The van der Waals surface area contributed by atoms with Crippen molar-refractivity contribution in [1.29, 1.82) is 0 Å². The fraction of sp³-hybridized carbons (Fsp3) is 0. The Morgan fingerprint density at radius 3 is 1.91 bits per heavy atom. The minimum Gasteiger partial charge on any atom is -0.456 e. The third-order valence-electron chi connectivity index (χ3n) is 10.7. The van der Waals surface area contributed by atoms with Gasteiger partial charge in [-0.15, -0.1) is 11.3 Å². The Morgan fingerprint density at radius 1 is 0.436 bits per heavy atom. The molecule has 0 radical (unpaired) electrons. The zero-order valence-electron chi connectivity index (χ0n) is 29.7. The second kappa shape index (κ2) is 12.8. The Balaban J connectivity index is 1.07. The molecule has 0 aliphatic carbocycles. The maximum Gasteiger partial charge on any atom is 0.137 e. The van der Waals surface area contributed by atoms with Crippen LogP contribution in [0.2, 0.25) is 0 Å². The van der Waals surface area contributed by atoms with E-state index < -0.39 is 0 Å². The van der Waals surface area contributed by atoms with Crippen LogP contribution in [0.3, 0.4) is 0 Å². The molecule has 0 unspecified atom stereocenters. The summed E-state index contributed by atoms with van der Waals surface area (Å²) in [5.41, 5.74) is 11.9. The maximum atomic E-state index is 6.40. The number of fused-ring (bicyclic) bond motifs is 8. The van der Waals surface area contributed by atoms with E-state index in [-0.39, 0.29) is 0 Å². The van der Waals surface area contributed by atoms with Crippen molar-refractivity contribution in [3.63, 3.8) is 0 Å². The number of benzene rings is 9. The van der Waals surface area contributed by atoms with E-state index in [9.17, 15) is 0 Å². The van der Waals surface area contributed by atoms with Gasteiger partial charge in [0.25, 0.3) is 0 Å². The molecule has 0 spiro atoms. The number of hydrogen-bond acceptors (Lipinski definition) is 4. The van der Waals surface area contributed by atoms with Crippen molar-refractivity contribution in [3.05, 3.63) is 194 Å². The summed E-state index contributed by atoms with van der Waals surface area (Å²) in [5, 5.41) is 8.14. The Labute approximate surface area is 322 Å². The van der Waals surface area contributed by atoms with Crippen LogP contribution in [-0.2, 0) is 0 Å². The molecule has 0 saturated heterocycles. The quantitative estimate of drug-likeness (QED) is 0.160. The number of nitrogens with zero attached hydrogens (tertiary/aromatic N) is 2. The molecule has 11 aromatic rings. The molecular formula is C51H32N2OS. The molecule has 3 nitrogen and oxygen atoms in total. The molecule has 4 heteroatoms. The van der Waals surface area contributed by atoms with Crippen molar-refractivity contribution < 1.29 is 4.42 Å². The number of furan rings is 1. The Hall–Kier alpha value is -7.01. The summed E-state index contributed by atoms with van der Waals surface area (Å²) in [6.45, 7) is 0. The van der Waals surface area contributed by atoms with Gasteiger partial charge < -0.3 is 9.32 Å². The minimum atomic E-state index is 0.879. The molecule has 0 bridgehead atoms. The molecule has 0 aliphatic heterocycles. The van der Waals surface area contributed by atoms with Gasteiger partial charge in [-0.2, -0.15) is 0 Å². The van der Waals surface area contributed by atoms with E-state index >= 15 is 0 Å². The fourth-order valence-electron chi connectivity index (χ4n) is 8.09. The number of anilines is 3. The molecule has 0 saturated carbocycles. The van der Waals surface area contributed by atoms with Crippen LogP contribution in [0, 0.1) is 0 Å². The first-order chi connectivity index (χ1) is 27.3. The van der Waals surface area contributed by atoms with Crippen molar-refractivity contribution in [2.75, 3.05) is 4.90 Å². The average Bonchev–Trinajstić information content (AvgIpc) is 3.86. The summed E-state index contributed by atoms with van der Waals surface area (Å²) in [4.78, 5) is 7.44. The highest BCUT2D eigenvalue weighted by molar-refractivity contribution is 7.22. The van der Waals surface area contributed by atoms with Crippen LogP contribution >= 0.6 is 11.3 Å². The fourth-order valence-corrected chi connectivity index (χ4v) is 9.21. The lowest BCUT2D eigenvalue weighted by atomic mass is 9.97. The van der Waals surface area contributed by atoms with Crippen molar-refractivity contribution in [3.8, 4) is 32.8 Å². The van der Waals surface area contributed by atoms with Crippen molar-refractivity contribution in [1.82, 2.24) is 4.98 Å². The molecule has 0 amide bonds. The van der Waals surface area contributed by atoms with Crippen LogP contribution in [0.5, 0.6) is 0 Å². The molecule has 0 atom stereocenters. The smallest absolute Gasteiger partial charge is 0.137 e. The zero-order valence-corrected chi connectivity index (χ0v) is 30.5. The van der Waals surface area contributed by atoms with Crippen LogP contribution in [-0.4, -0.2) is 4.98 Å². The van der Waals surface area contributed by atoms with Gasteiger partial charge in [-0.1, -0.05) is 146 Å². The zero-order chi connectivity index (χ0) is 36.3. The van der Waals surface area contributed by atoms with Gasteiger partial charge in [-0.25, -0.2) is 4.98 Å². The van der Waals surface area contributed by atoms with E-state index in [1.807, 2.05) is 6.07 Å². The highest BCUT2D eigenvalue weighted by Crippen LogP contribution is 2.46. The average molecular weight is 721 g/mol. The molecule has 2 heterocycles. The van der Waals surface area contributed by atoms with E-state index in [4.69, 9.17) is 9.40 Å². The van der Waals surface area contributed by atoms with Gasteiger partial charge >= 0.3 is 0 Å². The number of rotatable bonds is 6. The highest BCUT2D eigenvalue weighted by atomic mass is 32.1. The Kier molecular flexibility index (Phi) is 7.35. The molecule has 0 fully saturated rings.